The van der Waals surface area contributed by atoms with Gasteiger partial charge in [-0.15, -0.1) is 23.7 Å². The van der Waals surface area contributed by atoms with Crippen LogP contribution in [0, 0.1) is 0 Å². The average Bonchev–Trinajstić information content (AvgIpc) is 3.15. The molecule has 2 saturated heterocycles. The summed E-state index contributed by atoms with van der Waals surface area (Å²) in [6.07, 6.45) is 5.95. The summed E-state index contributed by atoms with van der Waals surface area (Å²) in [5.41, 5.74) is 0.969. The van der Waals surface area contributed by atoms with Crippen molar-refractivity contribution in [3.05, 3.63) is 21.4 Å². The second kappa shape index (κ2) is 9.11. The number of carbonyl (C=O) groups excluding carboxylic acids is 2. The fourth-order valence-electron chi connectivity index (χ4n) is 4.53. The summed E-state index contributed by atoms with van der Waals surface area (Å²) in [5.74, 6) is 0.335. The number of piperidine rings is 2. The van der Waals surface area contributed by atoms with Crippen molar-refractivity contribution in [2.45, 2.75) is 44.1 Å². The van der Waals surface area contributed by atoms with E-state index in [0.717, 1.165) is 50.1 Å². The number of hydrogen-bond acceptors (Lipinski definition) is 5. The van der Waals surface area contributed by atoms with Gasteiger partial charge in [0, 0.05) is 31.1 Å². The molecule has 2 fully saturated rings. The van der Waals surface area contributed by atoms with Crippen LogP contribution in [0.1, 0.15) is 52.2 Å². The van der Waals surface area contributed by atoms with E-state index in [-0.39, 0.29) is 29.8 Å². The van der Waals surface area contributed by atoms with E-state index in [1.165, 1.54) is 16.9 Å². The number of carbonyl (C=O) groups is 2. The van der Waals surface area contributed by atoms with Crippen LogP contribution in [-0.4, -0.2) is 68.0 Å². The molecule has 3 aliphatic rings. The highest BCUT2D eigenvalue weighted by atomic mass is 35.5. The Morgan fingerprint density at radius 1 is 1.14 bits per heavy atom. The molecule has 0 atom stereocenters. The first kappa shape index (κ1) is 21.6. The Morgan fingerprint density at radius 2 is 1.86 bits per heavy atom. The van der Waals surface area contributed by atoms with Crippen LogP contribution in [0.5, 0.6) is 0 Å². The largest absolute Gasteiger partial charge is 0.369 e. The Hall–Kier alpha value is -1.15. The third-order valence-electron chi connectivity index (χ3n) is 6.08. The van der Waals surface area contributed by atoms with Crippen LogP contribution in [0.2, 0.25) is 0 Å². The Kier molecular flexibility index (Phi) is 7.02. The topological polar surface area (TPSA) is 61.9 Å². The number of nitrogens with one attached hydrogen (secondary N) is 1. The highest BCUT2D eigenvalue weighted by Crippen LogP contribution is 2.45. The van der Waals surface area contributed by atoms with E-state index < -0.39 is 0 Å². The SMILES string of the molecule is CNCC(=O)N1CCC2(CC1)OCCc1cc(C(=O)N3CCCCC3)sc12.Cl. The van der Waals surface area contributed by atoms with E-state index in [1.54, 1.807) is 18.4 Å². The molecule has 0 unspecified atom stereocenters. The number of thiophene rings is 1. The van der Waals surface area contributed by atoms with Crippen molar-refractivity contribution < 1.29 is 14.3 Å². The van der Waals surface area contributed by atoms with Crippen LogP contribution in [0.4, 0.5) is 0 Å². The minimum absolute atomic E-state index is 0. The van der Waals surface area contributed by atoms with Crippen LogP contribution < -0.4 is 5.32 Å². The molecule has 1 aromatic heterocycles. The van der Waals surface area contributed by atoms with Gasteiger partial charge in [-0.3, -0.25) is 9.59 Å². The summed E-state index contributed by atoms with van der Waals surface area (Å²) in [4.78, 5) is 31.1. The highest BCUT2D eigenvalue weighted by Gasteiger charge is 2.43. The molecule has 4 rings (SSSR count). The standard InChI is InChI=1S/C20H29N3O3S.ClH/c1-21-14-17(24)22-10-6-20(7-11-22)18-15(5-12-26-20)13-16(27-18)19(25)23-8-3-2-4-9-23;/h13,21H,2-12,14H2,1H3;1H. The quantitative estimate of drug-likeness (QED) is 0.804. The summed E-state index contributed by atoms with van der Waals surface area (Å²) in [6, 6.07) is 2.11. The van der Waals surface area contributed by atoms with Crippen molar-refractivity contribution in [2.75, 3.05) is 46.4 Å². The maximum Gasteiger partial charge on any atom is 0.263 e. The zero-order valence-corrected chi connectivity index (χ0v) is 18.1. The van der Waals surface area contributed by atoms with Crippen LogP contribution in [-0.2, 0) is 21.6 Å². The molecule has 6 nitrogen and oxygen atoms in total. The normalized spacial score (nSPS) is 21.2. The summed E-state index contributed by atoms with van der Waals surface area (Å²) in [6.45, 7) is 4.27. The fourth-order valence-corrected chi connectivity index (χ4v) is 5.91. The molecule has 0 radical (unpaired) electrons. The molecule has 0 aromatic carbocycles. The summed E-state index contributed by atoms with van der Waals surface area (Å²) >= 11 is 1.63. The first-order chi connectivity index (χ1) is 13.1. The fraction of sp³-hybridized carbons (Fsp3) is 0.700. The monoisotopic (exact) mass is 427 g/mol. The first-order valence-electron chi connectivity index (χ1n) is 10.1. The van der Waals surface area contributed by atoms with Crippen LogP contribution in [0.15, 0.2) is 6.07 Å². The predicted octanol–water partition coefficient (Wildman–Crippen LogP) is 2.41. The molecule has 1 spiro atoms. The zero-order valence-electron chi connectivity index (χ0n) is 16.5. The maximum atomic E-state index is 12.9. The second-order valence-electron chi connectivity index (χ2n) is 7.82. The molecular weight excluding hydrogens is 398 g/mol. The molecule has 0 aliphatic carbocycles. The molecule has 4 heterocycles. The molecule has 0 saturated carbocycles. The maximum absolute atomic E-state index is 12.9. The van der Waals surface area contributed by atoms with Gasteiger partial charge in [0.25, 0.3) is 5.91 Å². The first-order valence-corrected chi connectivity index (χ1v) is 10.9. The molecule has 1 aromatic rings. The van der Waals surface area contributed by atoms with Gasteiger partial charge in [0.2, 0.25) is 5.91 Å². The lowest BCUT2D eigenvalue weighted by molar-refractivity contribution is -0.139. The molecule has 156 valence electrons. The molecule has 28 heavy (non-hydrogen) atoms. The number of hydrogen-bond donors (Lipinski definition) is 1. The van der Waals surface area contributed by atoms with E-state index in [2.05, 4.69) is 11.4 Å². The van der Waals surface area contributed by atoms with Gasteiger partial charge in [-0.1, -0.05) is 0 Å². The second-order valence-corrected chi connectivity index (χ2v) is 8.87. The van der Waals surface area contributed by atoms with Gasteiger partial charge < -0.3 is 19.9 Å². The minimum Gasteiger partial charge on any atom is -0.369 e. The molecule has 8 heteroatoms. The number of likely N-dealkylation sites (tertiary alicyclic amines) is 2. The van der Waals surface area contributed by atoms with Crippen molar-refractivity contribution in [1.82, 2.24) is 15.1 Å². The third kappa shape index (κ3) is 4.08. The van der Waals surface area contributed by atoms with Crippen molar-refractivity contribution >= 4 is 35.6 Å². The van der Waals surface area contributed by atoms with Crippen LogP contribution in [0.3, 0.4) is 0 Å². The molecule has 0 bridgehead atoms. The molecule has 2 amide bonds. The van der Waals surface area contributed by atoms with Gasteiger partial charge >= 0.3 is 0 Å². The molecular formula is C20H30ClN3O3S. The number of halogens is 1. The molecule has 1 N–H and O–H groups in total. The number of rotatable bonds is 3. The van der Waals surface area contributed by atoms with E-state index in [9.17, 15) is 9.59 Å². The Balaban J connectivity index is 0.00000225. The third-order valence-corrected chi connectivity index (χ3v) is 7.43. The lowest BCUT2D eigenvalue weighted by Gasteiger charge is -2.43. The van der Waals surface area contributed by atoms with Crippen LogP contribution in [0.25, 0.3) is 0 Å². The number of nitrogens with zero attached hydrogens (tertiary/aromatic N) is 2. The van der Waals surface area contributed by atoms with E-state index in [1.807, 2.05) is 9.80 Å². The number of ether oxygens (including phenoxy) is 1. The number of fused-ring (bicyclic) bond motifs is 2. The number of amides is 2. The predicted molar refractivity (Wildman–Crippen MR) is 112 cm³/mol. The Labute approximate surface area is 177 Å². The average molecular weight is 428 g/mol. The van der Waals surface area contributed by atoms with Crippen molar-refractivity contribution in [1.29, 1.82) is 0 Å². The van der Waals surface area contributed by atoms with Gasteiger partial charge in [-0.2, -0.15) is 0 Å². The van der Waals surface area contributed by atoms with Crippen LogP contribution >= 0.6 is 23.7 Å². The summed E-state index contributed by atoms with van der Waals surface area (Å²) in [5, 5.41) is 2.94. The van der Waals surface area contributed by atoms with E-state index >= 15 is 0 Å². The summed E-state index contributed by atoms with van der Waals surface area (Å²) < 4.78 is 6.29. The minimum atomic E-state index is -0.310. The van der Waals surface area contributed by atoms with Gasteiger partial charge in [0.15, 0.2) is 0 Å². The van der Waals surface area contributed by atoms with Crippen molar-refractivity contribution in [2.24, 2.45) is 0 Å². The lowest BCUT2D eigenvalue weighted by Crippen LogP contribution is -2.49. The lowest BCUT2D eigenvalue weighted by atomic mass is 9.85. The smallest absolute Gasteiger partial charge is 0.263 e. The zero-order chi connectivity index (χ0) is 18.9. The van der Waals surface area contributed by atoms with Gasteiger partial charge in [-0.25, -0.2) is 0 Å². The number of likely N-dealkylation sites (N-methyl/N-ethyl adjacent to an activating group) is 1. The van der Waals surface area contributed by atoms with Gasteiger partial charge in [0.05, 0.1) is 18.0 Å². The van der Waals surface area contributed by atoms with Crippen molar-refractivity contribution in [3.63, 3.8) is 0 Å². The van der Waals surface area contributed by atoms with E-state index in [0.29, 0.717) is 26.2 Å². The van der Waals surface area contributed by atoms with E-state index in [4.69, 9.17) is 4.74 Å². The molecule has 3 aliphatic heterocycles. The summed E-state index contributed by atoms with van der Waals surface area (Å²) in [7, 11) is 1.80. The Bertz CT molecular complexity index is 710. The van der Waals surface area contributed by atoms with Crippen molar-refractivity contribution in [3.8, 4) is 0 Å². The van der Waals surface area contributed by atoms with Gasteiger partial charge in [-0.05, 0) is 57.2 Å². The Morgan fingerprint density at radius 3 is 2.54 bits per heavy atom. The van der Waals surface area contributed by atoms with Gasteiger partial charge in [0.1, 0.15) is 5.60 Å². The highest BCUT2D eigenvalue weighted by molar-refractivity contribution is 7.14.